The molecule has 6 heteroatoms. The Morgan fingerprint density at radius 1 is 1.20 bits per heavy atom. The van der Waals surface area contributed by atoms with Gasteiger partial charge in [0.15, 0.2) is 0 Å². The highest BCUT2D eigenvalue weighted by Crippen LogP contribution is 2.25. The Balaban J connectivity index is 1.28. The third-order valence-electron chi connectivity index (χ3n) is 4.40. The monoisotopic (exact) mass is 347 g/mol. The summed E-state index contributed by atoms with van der Waals surface area (Å²) in [5, 5.41) is 3.51. The highest BCUT2D eigenvalue weighted by Gasteiger charge is 2.29. The summed E-state index contributed by atoms with van der Waals surface area (Å²) in [6.45, 7) is 5.42. The fourth-order valence-corrected chi connectivity index (χ4v) is 3.01. The van der Waals surface area contributed by atoms with Crippen molar-refractivity contribution in [2.45, 2.75) is 25.8 Å². The van der Waals surface area contributed by atoms with Crippen molar-refractivity contribution < 1.29 is 13.5 Å². The van der Waals surface area contributed by atoms with Crippen LogP contribution in [0.15, 0.2) is 40.8 Å². The number of furan rings is 1. The van der Waals surface area contributed by atoms with Crippen molar-refractivity contribution in [3.05, 3.63) is 53.7 Å². The standard InChI is InChI=1S/C19H26FN3O2/c1-14-4-9-18(25-14)19-15(13-22-23-19)12-21-10-2-3-11-24-17-7-5-16(20)6-8-17/h4-9,15,19,21-23H,2-3,10-13H2,1H3. The summed E-state index contributed by atoms with van der Waals surface area (Å²) in [6.07, 6.45) is 2.01. The maximum absolute atomic E-state index is 12.8. The number of benzene rings is 1. The predicted molar refractivity (Wildman–Crippen MR) is 94.8 cm³/mol. The van der Waals surface area contributed by atoms with Gasteiger partial charge in [0.25, 0.3) is 0 Å². The van der Waals surface area contributed by atoms with Crippen LogP contribution in [0, 0.1) is 18.7 Å². The van der Waals surface area contributed by atoms with Gasteiger partial charge in [0.1, 0.15) is 23.1 Å². The normalized spacial score (nSPS) is 20.1. The Hall–Kier alpha value is -1.89. The third-order valence-corrected chi connectivity index (χ3v) is 4.40. The average molecular weight is 347 g/mol. The van der Waals surface area contributed by atoms with Crippen molar-refractivity contribution in [2.24, 2.45) is 5.92 Å². The zero-order valence-corrected chi connectivity index (χ0v) is 14.6. The van der Waals surface area contributed by atoms with E-state index >= 15 is 0 Å². The van der Waals surface area contributed by atoms with Crippen LogP contribution in [-0.4, -0.2) is 26.2 Å². The largest absolute Gasteiger partial charge is 0.494 e. The molecule has 1 aromatic carbocycles. The smallest absolute Gasteiger partial charge is 0.123 e. The molecule has 3 rings (SSSR count). The molecule has 0 amide bonds. The van der Waals surface area contributed by atoms with E-state index in [2.05, 4.69) is 16.2 Å². The zero-order valence-electron chi connectivity index (χ0n) is 14.6. The Labute approximate surface area is 147 Å². The summed E-state index contributed by atoms with van der Waals surface area (Å²) >= 11 is 0. The molecule has 2 heterocycles. The maximum atomic E-state index is 12.8. The quantitative estimate of drug-likeness (QED) is 0.609. The molecule has 0 spiro atoms. The van der Waals surface area contributed by atoms with Crippen LogP contribution in [0.5, 0.6) is 5.75 Å². The van der Waals surface area contributed by atoms with Crippen LogP contribution >= 0.6 is 0 Å². The van der Waals surface area contributed by atoms with Gasteiger partial charge in [-0.25, -0.2) is 9.82 Å². The first-order chi connectivity index (χ1) is 12.2. The summed E-state index contributed by atoms with van der Waals surface area (Å²) in [7, 11) is 0. The number of ether oxygens (including phenoxy) is 1. The summed E-state index contributed by atoms with van der Waals surface area (Å²) in [5.74, 6) is 2.86. The van der Waals surface area contributed by atoms with Gasteiger partial charge < -0.3 is 14.5 Å². The molecule has 3 N–H and O–H groups in total. The Bertz CT molecular complexity index is 644. The molecule has 1 saturated heterocycles. The van der Waals surface area contributed by atoms with E-state index < -0.39 is 0 Å². The highest BCUT2D eigenvalue weighted by atomic mass is 19.1. The van der Waals surface area contributed by atoms with Gasteiger partial charge in [-0.2, -0.15) is 0 Å². The van der Waals surface area contributed by atoms with Crippen molar-refractivity contribution in [2.75, 3.05) is 26.2 Å². The molecule has 25 heavy (non-hydrogen) atoms. The molecular formula is C19H26FN3O2. The van der Waals surface area contributed by atoms with Gasteiger partial charge in [0, 0.05) is 19.0 Å². The molecule has 136 valence electrons. The molecule has 2 atom stereocenters. The highest BCUT2D eigenvalue weighted by molar-refractivity contribution is 5.21. The lowest BCUT2D eigenvalue weighted by atomic mass is 10.00. The van der Waals surface area contributed by atoms with Crippen molar-refractivity contribution >= 4 is 0 Å². The Morgan fingerprint density at radius 2 is 2.04 bits per heavy atom. The van der Waals surface area contributed by atoms with Crippen molar-refractivity contribution in [3.8, 4) is 5.75 Å². The first kappa shape index (κ1) is 17.9. The minimum atomic E-state index is -0.240. The Morgan fingerprint density at radius 3 is 2.80 bits per heavy atom. The van der Waals surface area contributed by atoms with Crippen molar-refractivity contribution in [1.29, 1.82) is 0 Å². The van der Waals surface area contributed by atoms with Crippen LogP contribution in [0.2, 0.25) is 0 Å². The summed E-state index contributed by atoms with van der Waals surface area (Å²) in [4.78, 5) is 0. The van der Waals surface area contributed by atoms with Gasteiger partial charge >= 0.3 is 0 Å². The van der Waals surface area contributed by atoms with Crippen LogP contribution in [0.3, 0.4) is 0 Å². The Kier molecular flexibility index (Phi) is 6.44. The molecule has 1 aromatic heterocycles. The molecule has 0 saturated carbocycles. The minimum Gasteiger partial charge on any atom is -0.494 e. The molecule has 1 aliphatic heterocycles. The number of hydrogen-bond donors (Lipinski definition) is 3. The number of nitrogens with one attached hydrogen (secondary N) is 3. The van der Waals surface area contributed by atoms with E-state index in [0.29, 0.717) is 18.3 Å². The first-order valence-corrected chi connectivity index (χ1v) is 8.86. The maximum Gasteiger partial charge on any atom is 0.123 e. The van der Waals surface area contributed by atoms with Gasteiger partial charge in [0.05, 0.1) is 12.6 Å². The third kappa shape index (κ3) is 5.29. The second-order valence-electron chi connectivity index (χ2n) is 6.43. The van der Waals surface area contributed by atoms with E-state index in [1.807, 2.05) is 19.1 Å². The fourth-order valence-electron chi connectivity index (χ4n) is 3.01. The number of unbranched alkanes of at least 4 members (excludes halogenated alkanes) is 1. The number of hydrazine groups is 1. The molecule has 2 aromatic rings. The van der Waals surface area contributed by atoms with Crippen LogP contribution in [-0.2, 0) is 0 Å². The average Bonchev–Trinajstić information content (AvgIpc) is 3.24. The van der Waals surface area contributed by atoms with Crippen LogP contribution < -0.4 is 20.9 Å². The van der Waals surface area contributed by atoms with Crippen LogP contribution in [0.4, 0.5) is 4.39 Å². The molecule has 0 aliphatic carbocycles. The SMILES string of the molecule is Cc1ccc(C2NNCC2CNCCCCOc2ccc(F)cc2)o1. The minimum absolute atomic E-state index is 0.211. The summed E-state index contributed by atoms with van der Waals surface area (Å²) in [6, 6.07) is 10.4. The van der Waals surface area contributed by atoms with Gasteiger partial charge in [0.2, 0.25) is 0 Å². The van der Waals surface area contributed by atoms with E-state index in [1.54, 1.807) is 12.1 Å². The molecular weight excluding hydrogens is 321 g/mol. The molecule has 0 radical (unpaired) electrons. The van der Waals surface area contributed by atoms with E-state index in [9.17, 15) is 4.39 Å². The zero-order chi connectivity index (χ0) is 17.5. The topological polar surface area (TPSA) is 58.5 Å². The lowest BCUT2D eigenvalue weighted by molar-refractivity contribution is 0.303. The number of halogens is 1. The van der Waals surface area contributed by atoms with Gasteiger partial charge in [-0.15, -0.1) is 0 Å². The van der Waals surface area contributed by atoms with E-state index in [0.717, 1.165) is 44.0 Å². The summed E-state index contributed by atoms with van der Waals surface area (Å²) in [5.41, 5.74) is 6.51. The van der Waals surface area contributed by atoms with Gasteiger partial charge in [-0.05, 0) is 62.7 Å². The lowest BCUT2D eigenvalue weighted by Gasteiger charge is -2.17. The molecule has 1 aliphatic rings. The lowest BCUT2D eigenvalue weighted by Crippen LogP contribution is -2.29. The molecule has 5 nitrogen and oxygen atoms in total. The van der Waals surface area contributed by atoms with Crippen molar-refractivity contribution in [3.63, 3.8) is 0 Å². The number of hydrogen-bond acceptors (Lipinski definition) is 5. The van der Waals surface area contributed by atoms with Gasteiger partial charge in [-0.3, -0.25) is 5.43 Å². The van der Waals surface area contributed by atoms with Crippen molar-refractivity contribution in [1.82, 2.24) is 16.2 Å². The molecule has 0 bridgehead atoms. The second kappa shape index (κ2) is 8.99. The van der Waals surface area contributed by atoms with Crippen LogP contribution in [0.25, 0.3) is 0 Å². The van der Waals surface area contributed by atoms with E-state index in [-0.39, 0.29) is 11.9 Å². The molecule has 2 unspecified atom stereocenters. The molecule has 1 fully saturated rings. The second-order valence-corrected chi connectivity index (χ2v) is 6.43. The van der Waals surface area contributed by atoms with Gasteiger partial charge in [-0.1, -0.05) is 0 Å². The number of rotatable bonds is 9. The first-order valence-electron chi connectivity index (χ1n) is 8.86. The number of aryl methyl sites for hydroxylation is 1. The summed E-state index contributed by atoms with van der Waals surface area (Å²) < 4.78 is 24.1. The fraction of sp³-hybridized carbons (Fsp3) is 0.474. The van der Waals surface area contributed by atoms with E-state index in [4.69, 9.17) is 9.15 Å². The van der Waals surface area contributed by atoms with E-state index in [1.165, 1.54) is 12.1 Å². The predicted octanol–water partition coefficient (Wildman–Crippen LogP) is 2.94. The van der Waals surface area contributed by atoms with Crippen LogP contribution in [0.1, 0.15) is 30.4 Å².